The molecule has 0 radical (unpaired) electrons. The largest absolute Gasteiger partial charge is 0.470 e. The molecule has 3 rings (SSSR count). The van der Waals surface area contributed by atoms with Crippen LogP contribution in [0, 0.1) is 6.92 Å². The minimum atomic E-state index is -0.102. The van der Waals surface area contributed by atoms with E-state index < -0.39 is 0 Å². The standard InChI is InChI=1S/C5H10O2.C5H12O2.C5H10O.C5H6O.2C5H12O/c6-4-5-2-1-3-7-5;6-4-2-1-3-5-7;2*1-5-3-2-4-6-5;1-3-4-5(2)6;1-2-3-4-5-6/h5-6H,1-4H2;6-7H,1-5H2;5H,2-4H2,1H3;2-4H,1H3;5-6H,3-4H2,1-2H3;6H,2-5H2,1H3. The van der Waals surface area contributed by atoms with Gasteiger partial charge in [0.2, 0.25) is 0 Å². The average molecular weight is 551 g/mol. The Morgan fingerprint density at radius 1 is 0.842 bits per heavy atom. The highest BCUT2D eigenvalue weighted by molar-refractivity contribution is 4.93. The van der Waals surface area contributed by atoms with Gasteiger partial charge in [0.05, 0.1) is 31.2 Å². The van der Waals surface area contributed by atoms with Crippen molar-refractivity contribution >= 4 is 0 Å². The highest BCUT2D eigenvalue weighted by atomic mass is 16.5. The van der Waals surface area contributed by atoms with Crippen LogP contribution in [0.1, 0.15) is 111 Å². The van der Waals surface area contributed by atoms with Gasteiger partial charge in [-0.1, -0.05) is 33.1 Å². The van der Waals surface area contributed by atoms with Gasteiger partial charge in [0.1, 0.15) is 5.76 Å². The Hall–Kier alpha value is -1.00. The van der Waals surface area contributed by atoms with E-state index in [9.17, 15) is 0 Å². The van der Waals surface area contributed by atoms with Gasteiger partial charge in [0.15, 0.2) is 0 Å². The highest BCUT2D eigenvalue weighted by Gasteiger charge is 2.12. The van der Waals surface area contributed by atoms with Crippen LogP contribution in [0.15, 0.2) is 22.8 Å². The van der Waals surface area contributed by atoms with E-state index in [1.54, 1.807) is 6.26 Å². The maximum atomic E-state index is 8.55. The quantitative estimate of drug-likeness (QED) is 0.244. The lowest BCUT2D eigenvalue weighted by Gasteiger charge is -2.00. The number of ether oxygens (including phenoxy) is 2. The first-order valence-corrected chi connectivity index (χ1v) is 14.7. The molecule has 1 aromatic heterocycles. The van der Waals surface area contributed by atoms with Gasteiger partial charge in [-0.05, 0) is 90.7 Å². The second kappa shape index (κ2) is 36.0. The molecule has 0 aliphatic carbocycles. The summed E-state index contributed by atoms with van der Waals surface area (Å²) in [5.74, 6) is 0.968. The number of aliphatic hydroxyl groups is 5. The zero-order valence-electron chi connectivity index (χ0n) is 25.2. The molecule has 3 atom stereocenters. The predicted molar refractivity (Wildman–Crippen MR) is 155 cm³/mol. The van der Waals surface area contributed by atoms with Crippen LogP contribution >= 0.6 is 0 Å². The first-order valence-electron chi connectivity index (χ1n) is 14.7. The van der Waals surface area contributed by atoms with E-state index in [0.29, 0.717) is 12.7 Å². The topological polar surface area (TPSA) is 133 Å². The number of furan rings is 1. The zero-order valence-corrected chi connectivity index (χ0v) is 25.2. The molecular weight excluding hydrogens is 488 g/mol. The maximum absolute atomic E-state index is 8.55. The number of aryl methyl sites for hydroxylation is 1. The fourth-order valence-electron chi connectivity index (χ4n) is 3.07. The molecule has 2 aliphatic rings. The third-order valence-corrected chi connectivity index (χ3v) is 5.33. The Morgan fingerprint density at radius 2 is 1.42 bits per heavy atom. The third kappa shape index (κ3) is 39.5. The van der Waals surface area contributed by atoms with Crippen LogP contribution in [0.25, 0.3) is 0 Å². The Kier molecular flexibility index (Phi) is 39.3. The molecule has 2 saturated heterocycles. The molecule has 1 aromatic rings. The van der Waals surface area contributed by atoms with E-state index in [4.69, 9.17) is 39.4 Å². The fourth-order valence-corrected chi connectivity index (χ4v) is 3.07. The van der Waals surface area contributed by atoms with E-state index in [1.807, 2.05) is 26.0 Å². The molecular formula is C30H62O8. The molecule has 3 unspecified atom stereocenters. The second-order valence-corrected chi connectivity index (χ2v) is 9.44. The predicted octanol–water partition coefficient (Wildman–Crippen LogP) is 5.41. The smallest absolute Gasteiger partial charge is 0.100 e. The summed E-state index contributed by atoms with van der Waals surface area (Å²) in [4.78, 5) is 0. The van der Waals surface area contributed by atoms with Crippen LogP contribution in [-0.4, -0.2) is 83.5 Å². The molecule has 8 nitrogen and oxygen atoms in total. The van der Waals surface area contributed by atoms with Gasteiger partial charge in [-0.25, -0.2) is 0 Å². The van der Waals surface area contributed by atoms with Crippen LogP contribution in [0.4, 0.5) is 0 Å². The fraction of sp³-hybridized carbons (Fsp3) is 0.867. The minimum Gasteiger partial charge on any atom is -0.470 e. The summed E-state index contributed by atoms with van der Waals surface area (Å²) in [6.07, 6.45) is 14.9. The van der Waals surface area contributed by atoms with Gasteiger partial charge in [0, 0.05) is 33.0 Å². The molecule has 0 spiro atoms. The zero-order chi connectivity index (χ0) is 29.3. The van der Waals surface area contributed by atoms with Crippen molar-refractivity contribution in [1.82, 2.24) is 0 Å². The summed E-state index contributed by atoms with van der Waals surface area (Å²) in [5.41, 5.74) is 0. The first-order chi connectivity index (χ1) is 18.3. The molecule has 2 aliphatic heterocycles. The van der Waals surface area contributed by atoms with Crippen LogP contribution in [0.2, 0.25) is 0 Å². The normalized spacial score (nSPS) is 18.1. The van der Waals surface area contributed by atoms with E-state index >= 15 is 0 Å². The van der Waals surface area contributed by atoms with Crippen molar-refractivity contribution < 1.29 is 39.4 Å². The molecule has 0 bridgehead atoms. The van der Waals surface area contributed by atoms with Crippen molar-refractivity contribution in [2.24, 2.45) is 0 Å². The average Bonchev–Trinajstić information content (AvgIpc) is 3.70. The Morgan fingerprint density at radius 3 is 1.61 bits per heavy atom. The van der Waals surface area contributed by atoms with Crippen molar-refractivity contribution in [2.45, 2.75) is 130 Å². The van der Waals surface area contributed by atoms with Crippen molar-refractivity contribution in [2.75, 3.05) is 39.6 Å². The number of unbranched alkanes of at least 4 members (excludes halogenated alkanes) is 4. The van der Waals surface area contributed by atoms with Crippen molar-refractivity contribution in [3.63, 3.8) is 0 Å². The summed E-state index contributed by atoms with van der Waals surface area (Å²) < 4.78 is 15.0. The van der Waals surface area contributed by atoms with Gasteiger partial charge in [0.25, 0.3) is 0 Å². The van der Waals surface area contributed by atoms with Crippen molar-refractivity contribution in [3.8, 4) is 0 Å². The second-order valence-electron chi connectivity index (χ2n) is 9.44. The lowest BCUT2D eigenvalue weighted by atomic mass is 10.2. The molecule has 5 N–H and O–H groups in total. The summed E-state index contributed by atoms with van der Waals surface area (Å²) in [6.45, 7) is 12.9. The summed E-state index contributed by atoms with van der Waals surface area (Å²) >= 11 is 0. The molecule has 38 heavy (non-hydrogen) atoms. The number of aliphatic hydroxyl groups excluding tert-OH is 5. The lowest BCUT2D eigenvalue weighted by Crippen LogP contribution is -2.09. The van der Waals surface area contributed by atoms with Gasteiger partial charge < -0.3 is 39.4 Å². The molecule has 0 saturated carbocycles. The summed E-state index contributed by atoms with van der Waals surface area (Å²) in [7, 11) is 0. The monoisotopic (exact) mass is 550 g/mol. The van der Waals surface area contributed by atoms with Crippen LogP contribution in [-0.2, 0) is 9.47 Å². The number of rotatable bonds is 10. The molecule has 8 heteroatoms. The highest BCUT2D eigenvalue weighted by Crippen LogP contribution is 2.10. The number of hydrogen-bond acceptors (Lipinski definition) is 8. The Labute approximate surface area is 233 Å². The van der Waals surface area contributed by atoms with Crippen molar-refractivity contribution in [3.05, 3.63) is 24.2 Å². The van der Waals surface area contributed by atoms with Gasteiger partial charge in [-0.15, -0.1) is 0 Å². The van der Waals surface area contributed by atoms with Gasteiger partial charge >= 0.3 is 0 Å². The summed E-state index contributed by atoms with van der Waals surface area (Å²) in [6, 6.07) is 3.79. The lowest BCUT2D eigenvalue weighted by molar-refractivity contribution is 0.0591. The van der Waals surface area contributed by atoms with Gasteiger partial charge in [-0.3, -0.25) is 0 Å². The van der Waals surface area contributed by atoms with E-state index in [2.05, 4.69) is 20.8 Å². The summed E-state index contributed by atoms with van der Waals surface area (Å²) in [5, 5.41) is 41.6. The SMILES string of the molecule is CC1CCCO1.CCCC(C)O.CCCCCO.Cc1ccco1.OCC1CCCO1.OCCCCCO. The molecule has 230 valence electrons. The maximum Gasteiger partial charge on any atom is 0.100 e. The Bertz CT molecular complexity index is 476. The molecule has 0 amide bonds. The molecule has 2 fully saturated rings. The first kappa shape index (κ1) is 41.5. The van der Waals surface area contributed by atoms with Crippen LogP contribution in [0.5, 0.6) is 0 Å². The molecule has 3 heterocycles. The van der Waals surface area contributed by atoms with E-state index in [0.717, 1.165) is 76.8 Å². The van der Waals surface area contributed by atoms with Crippen LogP contribution < -0.4 is 0 Å². The minimum absolute atomic E-state index is 0.102. The van der Waals surface area contributed by atoms with E-state index in [-0.39, 0.29) is 32.0 Å². The van der Waals surface area contributed by atoms with Crippen LogP contribution in [0.3, 0.4) is 0 Å². The number of hydrogen-bond donors (Lipinski definition) is 5. The van der Waals surface area contributed by atoms with Crippen molar-refractivity contribution in [1.29, 1.82) is 0 Å². The van der Waals surface area contributed by atoms with Gasteiger partial charge in [-0.2, -0.15) is 0 Å². The van der Waals surface area contributed by atoms with E-state index in [1.165, 1.54) is 19.3 Å². The Balaban J connectivity index is -0.000000387. The third-order valence-electron chi connectivity index (χ3n) is 5.33. The molecule has 0 aromatic carbocycles.